The molecule has 2 atom stereocenters. The molecule has 1 heterocycles. The van der Waals surface area contributed by atoms with Crippen molar-refractivity contribution in [2.24, 2.45) is 5.92 Å². The highest BCUT2D eigenvalue weighted by Gasteiger charge is 2.32. The van der Waals surface area contributed by atoms with E-state index >= 15 is 0 Å². The van der Waals surface area contributed by atoms with Crippen molar-refractivity contribution in [3.05, 3.63) is 11.4 Å². The quantitative estimate of drug-likeness (QED) is 0.714. The Hall–Kier alpha value is -0.110. The first kappa shape index (κ1) is 11.0. The molecule has 1 aliphatic heterocycles. The number of hydrogen-bond acceptors (Lipinski definition) is 3. The van der Waals surface area contributed by atoms with Crippen LogP contribution in [0.15, 0.2) is 11.4 Å². The second kappa shape index (κ2) is 4.41. The van der Waals surface area contributed by atoms with Gasteiger partial charge in [0.25, 0.3) is 0 Å². The van der Waals surface area contributed by atoms with E-state index in [-0.39, 0.29) is 13.2 Å². The summed E-state index contributed by atoms with van der Waals surface area (Å²) in [5, 5.41) is 8.56. The van der Waals surface area contributed by atoms with E-state index in [0.29, 0.717) is 12.1 Å². The van der Waals surface area contributed by atoms with Gasteiger partial charge in [-0.3, -0.25) is 4.57 Å². The largest absolute Gasteiger partial charge is 0.394 e. The summed E-state index contributed by atoms with van der Waals surface area (Å²) in [6.07, 6.45) is 1.63. The second-order valence-corrected chi connectivity index (χ2v) is 5.78. The molecule has 0 aromatic carbocycles. The molecule has 0 radical (unpaired) electrons. The highest BCUT2D eigenvalue weighted by Crippen LogP contribution is 2.57. The Morgan fingerprint density at radius 3 is 2.92 bits per heavy atom. The molecule has 0 saturated heterocycles. The Morgan fingerprint density at radius 2 is 2.46 bits per heavy atom. The van der Waals surface area contributed by atoms with Crippen LogP contribution in [0.3, 0.4) is 0 Å². The van der Waals surface area contributed by atoms with Gasteiger partial charge in [0.05, 0.1) is 13.2 Å². The summed E-state index contributed by atoms with van der Waals surface area (Å²) < 4.78 is 17.1. The first-order chi connectivity index (χ1) is 6.11. The molecule has 13 heavy (non-hydrogen) atoms. The molecule has 0 bridgehead atoms. The van der Waals surface area contributed by atoms with Crippen molar-refractivity contribution >= 4 is 7.37 Å². The molecule has 0 aromatic rings. The smallest absolute Gasteiger partial charge is 0.225 e. The highest BCUT2D eigenvalue weighted by atomic mass is 31.2. The summed E-state index contributed by atoms with van der Waals surface area (Å²) in [7, 11) is -2.54. The molecule has 0 amide bonds. The molecule has 3 nitrogen and oxygen atoms in total. The van der Waals surface area contributed by atoms with Gasteiger partial charge in [0.15, 0.2) is 0 Å². The fourth-order valence-corrected chi connectivity index (χ4v) is 4.32. The zero-order valence-corrected chi connectivity index (χ0v) is 9.09. The average molecular weight is 204 g/mol. The zero-order valence-electron chi connectivity index (χ0n) is 8.19. The van der Waals surface area contributed by atoms with E-state index in [1.165, 1.54) is 5.57 Å². The predicted octanol–water partition coefficient (Wildman–Crippen LogP) is 2.22. The Kier molecular flexibility index (Phi) is 3.72. The van der Waals surface area contributed by atoms with Crippen molar-refractivity contribution in [2.75, 3.05) is 19.4 Å². The lowest BCUT2D eigenvalue weighted by molar-refractivity contribution is 0.204. The molecule has 1 aliphatic rings. The van der Waals surface area contributed by atoms with Crippen LogP contribution in [0.5, 0.6) is 0 Å². The number of rotatable bonds is 4. The third-order valence-electron chi connectivity index (χ3n) is 2.41. The van der Waals surface area contributed by atoms with Crippen LogP contribution in [-0.4, -0.2) is 24.5 Å². The summed E-state index contributed by atoms with van der Waals surface area (Å²) in [4.78, 5) is 0. The van der Waals surface area contributed by atoms with Crippen LogP contribution in [0.4, 0.5) is 0 Å². The third-order valence-corrected chi connectivity index (χ3v) is 4.78. The van der Waals surface area contributed by atoms with Gasteiger partial charge in [-0.25, -0.2) is 0 Å². The maximum Gasteiger partial charge on any atom is 0.225 e. The number of aliphatic hydroxyl groups excluding tert-OH is 1. The second-order valence-electron chi connectivity index (χ2n) is 3.44. The topological polar surface area (TPSA) is 46.5 Å². The van der Waals surface area contributed by atoms with E-state index in [2.05, 4.69) is 6.92 Å². The van der Waals surface area contributed by atoms with Gasteiger partial charge in [-0.15, -0.1) is 0 Å². The van der Waals surface area contributed by atoms with Crippen molar-refractivity contribution in [3.63, 3.8) is 0 Å². The van der Waals surface area contributed by atoms with E-state index in [1.54, 1.807) is 5.82 Å². The molecular weight excluding hydrogens is 187 g/mol. The summed E-state index contributed by atoms with van der Waals surface area (Å²) >= 11 is 0. The number of hydrogen-bond donors (Lipinski definition) is 1. The SMILES string of the molecule is CC[C@@H]1CP(=O)(OCCO)C=C1C. The minimum absolute atomic E-state index is 0.0618. The molecule has 4 heteroatoms. The van der Waals surface area contributed by atoms with E-state index in [1.807, 2.05) is 6.92 Å². The van der Waals surface area contributed by atoms with Crippen LogP contribution in [-0.2, 0) is 9.09 Å². The van der Waals surface area contributed by atoms with Crippen molar-refractivity contribution < 1.29 is 14.2 Å². The molecule has 1 unspecified atom stereocenters. The zero-order chi connectivity index (χ0) is 9.90. The predicted molar refractivity (Wildman–Crippen MR) is 53.0 cm³/mol. The van der Waals surface area contributed by atoms with Gasteiger partial charge in [-0.2, -0.15) is 0 Å². The number of allylic oxidation sites excluding steroid dienone is 1. The van der Waals surface area contributed by atoms with Crippen molar-refractivity contribution in [3.8, 4) is 0 Å². The fourth-order valence-electron chi connectivity index (χ4n) is 1.66. The Bertz CT molecular complexity index is 247. The highest BCUT2D eigenvalue weighted by molar-refractivity contribution is 7.62. The molecule has 1 rings (SSSR count). The molecule has 0 fully saturated rings. The summed E-state index contributed by atoms with van der Waals surface area (Å²) in [6, 6.07) is 0. The van der Waals surface area contributed by atoms with Crippen LogP contribution in [0.1, 0.15) is 20.3 Å². The van der Waals surface area contributed by atoms with E-state index in [4.69, 9.17) is 9.63 Å². The van der Waals surface area contributed by atoms with Crippen molar-refractivity contribution in [1.29, 1.82) is 0 Å². The van der Waals surface area contributed by atoms with Crippen LogP contribution < -0.4 is 0 Å². The lowest BCUT2D eigenvalue weighted by Crippen LogP contribution is -2.02. The third kappa shape index (κ3) is 2.67. The standard InChI is InChI=1S/C9H17O3P/c1-3-9-7-13(11,6-8(9)2)12-5-4-10/h6,9-10H,3-5,7H2,1-2H3/t9-,13?/m1/s1. The van der Waals surface area contributed by atoms with Gasteiger partial charge >= 0.3 is 0 Å². The van der Waals surface area contributed by atoms with Crippen LogP contribution in [0.25, 0.3) is 0 Å². The molecule has 76 valence electrons. The van der Waals surface area contributed by atoms with Crippen molar-refractivity contribution in [1.82, 2.24) is 0 Å². The summed E-state index contributed by atoms with van der Waals surface area (Å²) in [5.74, 6) is 2.17. The molecule has 0 aliphatic carbocycles. The average Bonchev–Trinajstić information content (AvgIpc) is 2.39. The Labute approximate surface area is 79.2 Å². The summed E-state index contributed by atoms with van der Waals surface area (Å²) in [5.41, 5.74) is 1.17. The molecule has 1 N–H and O–H groups in total. The van der Waals surface area contributed by atoms with Crippen molar-refractivity contribution in [2.45, 2.75) is 20.3 Å². The molecular formula is C9H17O3P. The molecule has 0 spiro atoms. The maximum absolute atomic E-state index is 11.9. The monoisotopic (exact) mass is 204 g/mol. The summed E-state index contributed by atoms with van der Waals surface area (Å²) in [6.45, 7) is 4.20. The minimum Gasteiger partial charge on any atom is -0.394 e. The van der Waals surface area contributed by atoms with Gasteiger partial charge in [0.1, 0.15) is 0 Å². The van der Waals surface area contributed by atoms with Crippen LogP contribution >= 0.6 is 7.37 Å². The Morgan fingerprint density at radius 1 is 1.77 bits per heavy atom. The normalized spacial score (nSPS) is 33.5. The lowest BCUT2D eigenvalue weighted by Gasteiger charge is -2.11. The van der Waals surface area contributed by atoms with Gasteiger partial charge in [0.2, 0.25) is 7.37 Å². The molecule has 0 saturated carbocycles. The van der Waals surface area contributed by atoms with Crippen LogP contribution in [0, 0.1) is 5.92 Å². The van der Waals surface area contributed by atoms with E-state index < -0.39 is 7.37 Å². The van der Waals surface area contributed by atoms with Gasteiger partial charge in [0, 0.05) is 6.16 Å². The van der Waals surface area contributed by atoms with E-state index in [0.717, 1.165) is 6.42 Å². The van der Waals surface area contributed by atoms with Gasteiger partial charge in [-0.1, -0.05) is 12.5 Å². The fraction of sp³-hybridized carbons (Fsp3) is 0.778. The van der Waals surface area contributed by atoms with Gasteiger partial charge < -0.3 is 9.63 Å². The number of aliphatic hydroxyl groups is 1. The first-order valence-corrected chi connectivity index (χ1v) is 6.52. The maximum atomic E-state index is 11.9. The van der Waals surface area contributed by atoms with Crippen LogP contribution in [0.2, 0.25) is 0 Å². The Balaban J connectivity index is 2.60. The first-order valence-electron chi connectivity index (χ1n) is 4.65. The minimum atomic E-state index is -2.54. The molecule has 0 aromatic heterocycles. The van der Waals surface area contributed by atoms with E-state index in [9.17, 15) is 4.57 Å². The van der Waals surface area contributed by atoms with Gasteiger partial charge in [-0.05, 0) is 25.1 Å². The lowest BCUT2D eigenvalue weighted by atomic mass is 10.0.